The highest BCUT2D eigenvalue weighted by Gasteiger charge is 2.12. The normalized spacial score (nSPS) is 11.5. The third-order valence-electron chi connectivity index (χ3n) is 2.99. The lowest BCUT2D eigenvalue weighted by Gasteiger charge is -2.21. The third kappa shape index (κ3) is 4.83. The van der Waals surface area contributed by atoms with E-state index >= 15 is 0 Å². The van der Waals surface area contributed by atoms with Gasteiger partial charge in [0.15, 0.2) is 0 Å². The van der Waals surface area contributed by atoms with Crippen molar-refractivity contribution in [3.05, 3.63) is 52.3 Å². The van der Waals surface area contributed by atoms with Gasteiger partial charge in [0.05, 0.1) is 10.7 Å². The molecule has 0 saturated carbocycles. The Morgan fingerprint density at radius 1 is 1.19 bits per heavy atom. The number of aryl methyl sites for hydroxylation is 1. The Morgan fingerprint density at radius 2 is 1.95 bits per heavy atom. The van der Waals surface area contributed by atoms with Crippen LogP contribution in [-0.2, 0) is 6.54 Å². The zero-order chi connectivity index (χ0) is 15.5. The van der Waals surface area contributed by atoms with Crippen LogP contribution in [0.3, 0.4) is 0 Å². The van der Waals surface area contributed by atoms with Crippen molar-refractivity contribution in [2.45, 2.75) is 39.8 Å². The molecule has 0 amide bonds. The van der Waals surface area contributed by atoms with Crippen LogP contribution in [0.2, 0.25) is 0 Å². The number of aromatic nitrogens is 1. The summed E-state index contributed by atoms with van der Waals surface area (Å²) in [4.78, 5) is 4.17. The predicted octanol–water partition coefficient (Wildman–Crippen LogP) is 4.83. The summed E-state index contributed by atoms with van der Waals surface area (Å²) in [5.41, 5.74) is 2.34. The fraction of sp³-hybridized carbons (Fsp3) is 0.353. The summed E-state index contributed by atoms with van der Waals surface area (Å²) in [6, 6.07) is 8.02. The molecule has 112 valence electrons. The molecule has 0 bridgehead atoms. The molecule has 0 aliphatic carbocycles. The zero-order valence-corrected chi connectivity index (χ0v) is 14.5. The second-order valence-electron chi connectivity index (χ2n) is 6.12. The van der Waals surface area contributed by atoms with Gasteiger partial charge >= 0.3 is 0 Å². The van der Waals surface area contributed by atoms with E-state index in [1.165, 1.54) is 5.56 Å². The highest BCUT2D eigenvalue weighted by atomic mass is 79.9. The van der Waals surface area contributed by atoms with Crippen LogP contribution in [-0.4, -0.2) is 10.5 Å². The van der Waals surface area contributed by atoms with Gasteiger partial charge in [-0.2, -0.15) is 0 Å². The van der Waals surface area contributed by atoms with Gasteiger partial charge in [0.1, 0.15) is 11.5 Å². The maximum Gasteiger partial charge on any atom is 0.150 e. The number of pyridine rings is 1. The number of nitrogens with zero attached hydrogens (tertiary/aromatic N) is 1. The first-order valence-electron chi connectivity index (χ1n) is 6.97. The Hall–Kier alpha value is -1.39. The predicted molar refractivity (Wildman–Crippen MR) is 89.8 cm³/mol. The van der Waals surface area contributed by atoms with E-state index in [2.05, 4.69) is 53.9 Å². The molecule has 1 heterocycles. The van der Waals surface area contributed by atoms with Crippen LogP contribution >= 0.6 is 15.9 Å². The van der Waals surface area contributed by atoms with Gasteiger partial charge in [-0.25, -0.2) is 0 Å². The van der Waals surface area contributed by atoms with Crippen molar-refractivity contribution in [1.29, 1.82) is 0 Å². The zero-order valence-electron chi connectivity index (χ0n) is 12.9. The molecule has 1 aromatic heterocycles. The van der Waals surface area contributed by atoms with Crippen LogP contribution in [0.4, 0.5) is 0 Å². The number of ether oxygens (including phenoxy) is 1. The lowest BCUT2D eigenvalue weighted by molar-refractivity contribution is 0.413. The minimum absolute atomic E-state index is 0.0605. The Bertz CT molecular complexity index is 620. The Morgan fingerprint density at radius 3 is 2.62 bits per heavy atom. The average Bonchev–Trinajstić information content (AvgIpc) is 2.40. The minimum atomic E-state index is 0.0605. The van der Waals surface area contributed by atoms with Crippen molar-refractivity contribution in [2.24, 2.45) is 0 Å². The lowest BCUT2D eigenvalue weighted by Crippen LogP contribution is -2.35. The summed E-state index contributed by atoms with van der Waals surface area (Å²) in [5.74, 6) is 1.57. The molecule has 0 radical (unpaired) electrons. The average molecular weight is 349 g/mol. The fourth-order valence-electron chi connectivity index (χ4n) is 1.81. The highest BCUT2D eigenvalue weighted by molar-refractivity contribution is 9.10. The lowest BCUT2D eigenvalue weighted by atomic mass is 10.1. The SMILES string of the molecule is Cc1ccc(Oc2cnccc2CNC(C)(C)C)c(Br)c1. The van der Waals surface area contributed by atoms with Gasteiger partial charge in [0.25, 0.3) is 0 Å². The van der Waals surface area contributed by atoms with Crippen molar-refractivity contribution in [3.63, 3.8) is 0 Å². The van der Waals surface area contributed by atoms with Crippen LogP contribution in [0, 0.1) is 6.92 Å². The summed E-state index contributed by atoms with van der Waals surface area (Å²) in [6.07, 6.45) is 3.54. The molecule has 0 unspecified atom stereocenters. The van der Waals surface area contributed by atoms with Gasteiger partial charge in [-0.05, 0) is 67.4 Å². The minimum Gasteiger partial charge on any atom is -0.454 e. The number of hydrogen-bond donors (Lipinski definition) is 1. The molecular formula is C17H21BrN2O. The Kier molecular flexibility index (Phi) is 5.01. The quantitative estimate of drug-likeness (QED) is 0.858. The molecule has 0 saturated heterocycles. The number of rotatable bonds is 4. The molecule has 1 aromatic carbocycles. The molecule has 2 rings (SSSR count). The molecule has 1 N–H and O–H groups in total. The molecule has 2 aromatic rings. The number of nitrogens with one attached hydrogen (secondary N) is 1. The number of benzene rings is 1. The van der Waals surface area contributed by atoms with E-state index in [4.69, 9.17) is 4.74 Å². The van der Waals surface area contributed by atoms with E-state index in [1.807, 2.05) is 24.3 Å². The maximum absolute atomic E-state index is 6.01. The monoisotopic (exact) mass is 348 g/mol. The molecular weight excluding hydrogens is 328 g/mol. The van der Waals surface area contributed by atoms with Gasteiger partial charge in [0, 0.05) is 23.8 Å². The van der Waals surface area contributed by atoms with E-state index < -0.39 is 0 Å². The molecule has 0 fully saturated rings. The van der Waals surface area contributed by atoms with Crippen molar-refractivity contribution in [1.82, 2.24) is 10.3 Å². The third-order valence-corrected chi connectivity index (χ3v) is 3.61. The maximum atomic E-state index is 6.01. The van der Waals surface area contributed by atoms with Crippen molar-refractivity contribution >= 4 is 15.9 Å². The Labute approximate surface area is 134 Å². The molecule has 4 heteroatoms. The molecule has 3 nitrogen and oxygen atoms in total. The van der Waals surface area contributed by atoms with Gasteiger partial charge in [-0.1, -0.05) is 6.07 Å². The van der Waals surface area contributed by atoms with Gasteiger partial charge in [0.2, 0.25) is 0 Å². The summed E-state index contributed by atoms with van der Waals surface area (Å²) in [6.45, 7) is 9.23. The van der Waals surface area contributed by atoms with E-state index in [1.54, 1.807) is 12.4 Å². The largest absolute Gasteiger partial charge is 0.454 e. The second-order valence-corrected chi connectivity index (χ2v) is 6.98. The molecule has 21 heavy (non-hydrogen) atoms. The van der Waals surface area contributed by atoms with Crippen LogP contribution in [0.1, 0.15) is 31.9 Å². The first kappa shape index (κ1) is 16.0. The summed E-state index contributed by atoms with van der Waals surface area (Å²) in [7, 11) is 0. The van der Waals surface area contributed by atoms with E-state index in [0.29, 0.717) is 0 Å². The van der Waals surface area contributed by atoms with Crippen LogP contribution < -0.4 is 10.1 Å². The molecule has 0 aliphatic heterocycles. The molecule has 0 spiro atoms. The topological polar surface area (TPSA) is 34.1 Å². The summed E-state index contributed by atoms with van der Waals surface area (Å²) < 4.78 is 6.96. The standard InChI is InChI=1S/C17H21BrN2O/c1-12-5-6-15(14(18)9-12)21-16-11-19-8-7-13(16)10-20-17(2,3)4/h5-9,11,20H,10H2,1-4H3. The fourth-order valence-corrected chi connectivity index (χ4v) is 2.39. The summed E-state index contributed by atoms with van der Waals surface area (Å²) in [5, 5.41) is 3.47. The smallest absolute Gasteiger partial charge is 0.150 e. The molecule has 0 atom stereocenters. The van der Waals surface area contributed by atoms with Gasteiger partial charge < -0.3 is 10.1 Å². The van der Waals surface area contributed by atoms with E-state index in [0.717, 1.165) is 28.1 Å². The second kappa shape index (κ2) is 6.58. The van der Waals surface area contributed by atoms with E-state index in [9.17, 15) is 0 Å². The Balaban J connectivity index is 2.20. The van der Waals surface area contributed by atoms with Crippen molar-refractivity contribution in [2.75, 3.05) is 0 Å². The van der Waals surface area contributed by atoms with Gasteiger partial charge in [-0.3, -0.25) is 4.98 Å². The molecule has 0 aliphatic rings. The van der Waals surface area contributed by atoms with Crippen LogP contribution in [0.15, 0.2) is 41.1 Å². The summed E-state index contributed by atoms with van der Waals surface area (Å²) >= 11 is 3.54. The highest BCUT2D eigenvalue weighted by Crippen LogP contribution is 2.31. The van der Waals surface area contributed by atoms with Crippen molar-refractivity contribution < 1.29 is 4.74 Å². The van der Waals surface area contributed by atoms with E-state index in [-0.39, 0.29) is 5.54 Å². The first-order valence-corrected chi connectivity index (χ1v) is 7.76. The number of halogens is 1. The van der Waals surface area contributed by atoms with Crippen molar-refractivity contribution in [3.8, 4) is 11.5 Å². The van der Waals surface area contributed by atoms with Crippen LogP contribution in [0.5, 0.6) is 11.5 Å². The first-order chi connectivity index (χ1) is 9.85. The van der Waals surface area contributed by atoms with Crippen LogP contribution in [0.25, 0.3) is 0 Å². The van der Waals surface area contributed by atoms with Gasteiger partial charge in [-0.15, -0.1) is 0 Å². The number of hydrogen-bond acceptors (Lipinski definition) is 3.